The highest BCUT2D eigenvalue weighted by atomic mass is 16.2. The van der Waals surface area contributed by atoms with Crippen LogP contribution >= 0.6 is 0 Å². The van der Waals surface area contributed by atoms with E-state index >= 15 is 0 Å². The van der Waals surface area contributed by atoms with E-state index in [4.69, 9.17) is 10.7 Å². The molecule has 4 nitrogen and oxygen atoms in total. The summed E-state index contributed by atoms with van der Waals surface area (Å²) < 4.78 is 0. The molecule has 1 aliphatic heterocycles. The zero-order valence-corrected chi connectivity index (χ0v) is 15.0. The van der Waals surface area contributed by atoms with Crippen molar-refractivity contribution in [1.82, 2.24) is 9.88 Å². The molecule has 3 aromatic rings. The molecule has 132 valence electrons. The van der Waals surface area contributed by atoms with Crippen molar-refractivity contribution in [2.24, 2.45) is 11.7 Å². The molecule has 0 radical (unpaired) electrons. The Kier molecular flexibility index (Phi) is 4.43. The van der Waals surface area contributed by atoms with E-state index in [0.717, 1.165) is 47.2 Å². The van der Waals surface area contributed by atoms with Crippen molar-refractivity contribution in [3.8, 4) is 11.3 Å². The largest absolute Gasteiger partial charge is 0.338 e. The number of carbonyl (C=O) groups is 1. The zero-order valence-electron chi connectivity index (χ0n) is 15.0. The molecule has 0 aliphatic carbocycles. The van der Waals surface area contributed by atoms with Gasteiger partial charge in [0.1, 0.15) is 0 Å². The number of hydrogen-bond donors (Lipinski definition) is 1. The number of nitrogens with zero attached hydrogens (tertiary/aromatic N) is 2. The molecule has 2 heterocycles. The second-order valence-electron chi connectivity index (χ2n) is 7.08. The van der Waals surface area contributed by atoms with Crippen LogP contribution in [-0.4, -0.2) is 35.4 Å². The minimum Gasteiger partial charge on any atom is -0.338 e. The molecule has 1 aliphatic rings. The lowest BCUT2D eigenvalue weighted by Crippen LogP contribution is -2.30. The molecule has 4 rings (SSSR count). The van der Waals surface area contributed by atoms with Gasteiger partial charge in [-0.3, -0.25) is 4.79 Å². The third-order valence-corrected chi connectivity index (χ3v) is 5.20. The van der Waals surface area contributed by atoms with Gasteiger partial charge in [-0.05, 0) is 37.9 Å². The first-order chi connectivity index (χ1) is 12.7. The Hall–Kier alpha value is -2.72. The van der Waals surface area contributed by atoms with E-state index in [1.807, 2.05) is 35.2 Å². The Labute approximate surface area is 153 Å². The number of aryl methyl sites for hydroxylation is 1. The average molecular weight is 345 g/mol. The highest BCUT2D eigenvalue weighted by Crippen LogP contribution is 2.27. The van der Waals surface area contributed by atoms with Crippen molar-refractivity contribution in [1.29, 1.82) is 0 Å². The number of amides is 1. The van der Waals surface area contributed by atoms with Gasteiger partial charge in [-0.15, -0.1) is 0 Å². The second kappa shape index (κ2) is 6.89. The minimum atomic E-state index is 0.0768. The Morgan fingerprint density at radius 3 is 2.69 bits per heavy atom. The van der Waals surface area contributed by atoms with Gasteiger partial charge in [-0.1, -0.05) is 48.0 Å². The van der Waals surface area contributed by atoms with Crippen LogP contribution in [0, 0.1) is 12.8 Å². The maximum absolute atomic E-state index is 13.2. The fourth-order valence-corrected chi connectivity index (χ4v) is 3.60. The van der Waals surface area contributed by atoms with Gasteiger partial charge in [0.15, 0.2) is 0 Å². The maximum Gasteiger partial charge on any atom is 0.254 e. The first-order valence-corrected chi connectivity index (χ1v) is 9.12. The number of rotatable bonds is 3. The third-order valence-electron chi connectivity index (χ3n) is 5.20. The summed E-state index contributed by atoms with van der Waals surface area (Å²) in [6, 6.07) is 18.1. The lowest BCUT2D eigenvalue weighted by molar-refractivity contribution is 0.0789. The van der Waals surface area contributed by atoms with Crippen LogP contribution < -0.4 is 5.73 Å². The molecule has 1 aromatic heterocycles. The summed E-state index contributed by atoms with van der Waals surface area (Å²) in [4.78, 5) is 19.9. The summed E-state index contributed by atoms with van der Waals surface area (Å²) in [7, 11) is 0. The molecule has 1 unspecified atom stereocenters. The zero-order chi connectivity index (χ0) is 18.1. The summed E-state index contributed by atoms with van der Waals surface area (Å²) in [5.41, 5.74) is 10.4. The van der Waals surface area contributed by atoms with Crippen LogP contribution in [0.3, 0.4) is 0 Å². The topological polar surface area (TPSA) is 59.2 Å². The van der Waals surface area contributed by atoms with E-state index in [9.17, 15) is 4.79 Å². The Morgan fingerprint density at radius 2 is 1.96 bits per heavy atom. The molecule has 0 saturated carbocycles. The van der Waals surface area contributed by atoms with Crippen molar-refractivity contribution in [2.75, 3.05) is 19.6 Å². The molecule has 1 fully saturated rings. The maximum atomic E-state index is 13.2. The third kappa shape index (κ3) is 3.08. The van der Waals surface area contributed by atoms with E-state index in [1.165, 1.54) is 5.56 Å². The molecule has 26 heavy (non-hydrogen) atoms. The number of pyridine rings is 1. The highest BCUT2D eigenvalue weighted by molar-refractivity contribution is 6.07. The van der Waals surface area contributed by atoms with Crippen LogP contribution in [0.2, 0.25) is 0 Å². The number of likely N-dealkylation sites (tertiary alicyclic amines) is 1. The summed E-state index contributed by atoms with van der Waals surface area (Å²) in [6.07, 6.45) is 0.982. The fourth-order valence-electron chi connectivity index (χ4n) is 3.60. The van der Waals surface area contributed by atoms with Crippen molar-refractivity contribution in [2.45, 2.75) is 13.3 Å². The fraction of sp³-hybridized carbons (Fsp3) is 0.273. The molecule has 0 spiro atoms. The van der Waals surface area contributed by atoms with Crippen LogP contribution in [0.25, 0.3) is 22.2 Å². The molecule has 2 aromatic carbocycles. The lowest BCUT2D eigenvalue weighted by Gasteiger charge is -2.18. The molecule has 2 N–H and O–H groups in total. The monoisotopic (exact) mass is 345 g/mol. The molecule has 1 amide bonds. The van der Waals surface area contributed by atoms with E-state index in [2.05, 4.69) is 31.2 Å². The van der Waals surface area contributed by atoms with Gasteiger partial charge in [0.2, 0.25) is 0 Å². The Morgan fingerprint density at radius 1 is 1.19 bits per heavy atom. The average Bonchev–Trinajstić information content (AvgIpc) is 3.16. The predicted octanol–water partition coefficient (Wildman–Crippen LogP) is 3.63. The Balaban J connectivity index is 1.80. The smallest absolute Gasteiger partial charge is 0.254 e. The van der Waals surface area contributed by atoms with Gasteiger partial charge in [0.05, 0.1) is 16.8 Å². The predicted molar refractivity (Wildman–Crippen MR) is 105 cm³/mol. The van der Waals surface area contributed by atoms with E-state index in [-0.39, 0.29) is 5.91 Å². The standard InChI is InChI=1S/C22H23N3O/c1-15-6-8-17(9-7-15)21-12-19(18-4-2-3-5-20(18)24-21)22(26)25-11-10-16(13-23)14-25/h2-9,12,16H,10-11,13-14,23H2,1H3. The summed E-state index contributed by atoms with van der Waals surface area (Å²) >= 11 is 0. The molecule has 4 heteroatoms. The summed E-state index contributed by atoms with van der Waals surface area (Å²) in [5.74, 6) is 0.483. The number of fused-ring (bicyclic) bond motifs is 1. The van der Waals surface area contributed by atoms with E-state index in [0.29, 0.717) is 12.5 Å². The number of nitrogens with two attached hydrogens (primary N) is 1. The van der Waals surface area contributed by atoms with Gasteiger partial charge >= 0.3 is 0 Å². The number of aromatic nitrogens is 1. The van der Waals surface area contributed by atoms with Crippen molar-refractivity contribution in [3.05, 3.63) is 65.7 Å². The van der Waals surface area contributed by atoms with Crippen molar-refractivity contribution < 1.29 is 4.79 Å². The minimum absolute atomic E-state index is 0.0768. The molecule has 1 atom stereocenters. The van der Waals surface area contributed by atoms with Gasteiger partial charge in [0.25, 0.3) is 5.91 Å². The van der Waals surface area contributed by atoms with Crippen molar-refractivity contribution in [3.63, 3.8) is 0 Å². The first kappa shape index (κ1) is 16.7. The SMILES string of the molecule is Cc1ccc(-c2cc(C(=O)N3CCC(CN)C3)c3ccccc3n2)cc1. The number of hydrogen-bond acceptors (Lipinski definition) is 3. The van der Waals surface area contributed by atoms with Crippen LogP contribution in [0.4, 0.5) is 0 Å². The number of benzene rings is 2. The Bertz CT molecular complexity index is 949. The van der Waals surface area contributed by atoms with E-state index < -0.39 is 0 Å². The van der Waals surface area contributed by atoms with Crippen molar-refractivity contribution >= 4 is 16.8 Å². The van der Waals surface area contributed by atoms with Crippen LogP contribution in [0.15, 0.2) is 54.6 Å². The lowest BCUT2D eigenvalue weighted by atomic mass is 10.0. The quantitative estimate of drug-likeness (QED) is 0.788. The number of carbonyl (C=O) groups excluding carboxylic acids is 1. The normalized spacial score (nSPS) is 17.0. The van der Waals surface area contributed by atoms with Gasteiger partial charge in [-0.25, -0.2) is 4.98 Å². The molecular weight excluding hydrogens is 322 g/mol. The van der Waals surface area contributed by atoms with Crippen LogP contribution in [-0.2, 0) is 0 Å². The second-order valence-corrected chi connectivity index (χ2v) is 7.08. The first-order valence-electron chi connectivity index (χ1n) is 9.12. The number of para-hydroxylation sites is 1. The van der Waals surface area contributed by atoms with Gasteiger partial charge < -0.3 is 10.6 Å². The highest BCUT2D eigenvalue weighted by Gasteiger charge is 2.27. The van der Waals surface area contributed by atoms with Crippen LogP contribution in [0.1, 0.15) is 22.3 Å². The summed E-state index contributed by atoms with van der Waals surface area (Å²) in [6.45, 7) is 4.21. The van der Waals surface area contributed by atoms with E-state index in [1.54, 1.807) is 0 Å². The van der Waals surface area contributed by atoms with Gasteiger partial charge in [0, 0.05) is 24.0 Å². The molecule has 0 bridgehead atoms. The summed E-state index contributed by atoms with van der Waals surface area (Å²) in [5, 5.41) is 0.907. The molecule has 1 saturated heterocycles. The molecular formula is C22H23N3O. The van der Waals surface area contributed by atoms with Gasteiger partial charge in [-0.2, -0.15) is 0 Å². The van der Waals surface area contributed by atoms with Crippen LogP contribution in [0.5, 0.6) is 0 Å².